The number of carboxylic acid groups (broad SMARTS) is 1. The van der Waals surface area contributed by atoms with Crippen LogP contribution in [0.15, 0.2) is 66.7 Å². The fourth-order valence-electron chi connectivity index (χ4n) is 5.17. The first-order chi connectivity index (χ1) is 17.2. The van der Waals surface area contributed by atoms with E-state index in [-0.39, 0.29) is 17.4 Å². The van der Waals surface area contributed by atoms with Crippen molar-refractivity contribution in [2.75, 3.05) is 6.61 Å². The Labute approximate surface area is 212 Å². The molecule has 6 nitrogen and oxygen atoms in total. The number of aromatic carboxylic acids is 1. The molecule has 0 spiro atoms. The summed E-state index contributed by atoms with van der Waals surface area (Å²) in [5.74, 6) is -0.227. The van der Waals surface area contributed by atoms with Crippen LogP contribution in [0.1, 0.15) is 59.7 Å². The van der Waals surface area contributed by atoms with E-state index in [2.05, 4.69) is 18.2 Å². The summed E-state index contributed by atoms with van der Waals surface area (Å²) >= 11 is 0. The summed E-state index contributed by atoms with van der Waals surface area (Å²) in [6.45, 7) is 4.17. The molecule has 0 heterocycles. The Morgan fingerprint density at radius 1 is 1.14 bits per heavy atom. The molecular weight excluding hydrogens is 452 g/mol. The number of nitriles is 1. The third kappa shape index (κ3) is 5.43. The average Bonchev–Trinajstić information content (AvgIpc) is 3.23. The number of hydrogen-bond donors (Lipinski definition) is 3. The van der Waals surface area contributed by atoms with Crippen molar-refractivity contribution in [3.63, 3.8) is 0 Å². The van der Waals surface area contributed by atoms with E-state index in [9.17, 15) is 15.2 Å². The highest BCUT2D eigenvalue weighted by Gasteiger charge is 2.41. The molecule has 3 atom stereocenters. The van der Waals surface area contributed by atoms with Crippen molar-refractivity contribution in [2.24, 2.45) is 11.7 Å². The fourth-order valence-corrected chi connectivity index (χ4v) is 5.17. The van der Waals surface area contributed by atoms with E-state index in [1.54, 1.807) is 30.3 Å². The second kappa shape index (κ2) is 10.5. The van der Waals surface area contributed by atoms with Gasteiger partial charge in [0.1, 0.15) is 11.8 Å². The number of ether oxygens (including phenoxy) is 1. The third-order valence-corrected chi connectivity index (χ3v) is 7.08. The van der Waals surface area contributed by atoms with Crippen LogP contribution in [0.4, 0.5) is 0 Å². The van der Waals surface area contributed by atoms with Crippen LogP contribution in [-0.2, 0) is 6.42 Å². The molecule has 0 radical (unpaired) electrons. The van der Waals surface area contributed by atoms with E-state index in [4.69, 9.17) is 15.6 Å². The lowest BCUT2D eigenvalue weighted by Gasteiger charge is -2.34. The van der Waals surface area contributed by atoms with Gasteiger partial charge in [-0.15, -0.1) is 0 Å². The highest BCUT2D eigenvalue weighted by molar-refractivity contribution is 5.88. The van der Waals surface area contributed by atoms with Gasteiger partial charge in [-0.25, -0.2) is 4.79 Å². The minimum atomic E-state index is -0.972. The van der Waals surface area contributed by atoms with Crippen LogP contribution < -0.4 is 10.5 Å². The maximum atomic E-state index is 11.1. The molecule has 3 aromatic rings. The number of rotatable bonds is 9. The normalized spacial score (nSPS) is 17.8. The SMILES string of the molecule is CC(C)(N)[C@H](O)C1Cc2ccccc2C1CCCOc1cc(-c2ccc(C(=O)O)cc2)ccc1C#N. The molecule has 4 N–H and O–H groups in total. The molecule has 4 rings (SSSR count). The van der Waals surface area contributed by atoms with E-state index in [1.807, 2.05) is 38.1 Å². The lowest BCUT2D eigenvalue weighted by molar-refractivity contribution is 0.0380. The second-order valence-corrected chi connectivity index (χ2v) is 10.1. The molecule has 3 aromatic carbocycles. The summed E-state index contributed by atoms with van der Waals surface area (Å²) < 4.78 is 6.06. The lowest BCUT2D eigenvalue weighted by atomic mass is 9.78. The Morgan fingerprint density at radius 2 is 1.83 bits per heavy atom. The number of fused-ring (bicyclic) bond motifs is 1. The van der Waals surface area contributed by atoms with Gasteiger partial charge in [0.15, 0.2) is 0 Å². The maximum absolute atomic E-state index is 11.1. The second-order valence-electron chi connectivity index (χ2n) is 10.1. The van der Waals surface area contributed by atoms with E-state index >= 15 is 0 Å². The minimum Gasteiger partial charge on any atom is -0.492 e. The first kappa shape index (κ1) is 25.4. The quantitative estimate of drug-likeness (QED) is 0.362. The minimum absolute atomic E-state index is 0.0502. The van der Waals surface area contributed by atoms with Crippen molar-refractivity contribution >= 4 is 5.97 Å². The number of carboxylic acids is 1. The summed E-state index contributed by atoms with van der Waals surface area (Å²) in [6.07, 6.45) is 1.79. The van der Waals surface area contributed by atoms with Crippen molar-refractivity contribution in [3.05, 3.63) is 89.0 Å². The summed E-state index contributed by atoms with van der Waals surface area (Å²) in [7, 11) is 0. The number of hydrogen-bond acceptors (Lipinski definition) is 5. The smallest absolute Gasteiger partial charge is 0.335 e. The Kier molecular flexibility index (Phi) is 7.44. The van der Waals surface area contributed by atoms with Crippen LogP contribution in [-0.4, -0.2) is 34.4 Å². The van der Waals surface area contributed by atoms with Gasteiger partial charge in [-0.05, 0) is 91.5 Å². The lowest BCUT2D eigenvalue weighted by Crippen LogP contribution is -2.50. The van der Waals surface area contributed by atoms with Crippen molar-refractivity contribution < 1.29 is 19.7 Å². The molecule has 0 aliphatic heterocycles. The molecule has 1 aliphatic carbocycles. The molecule has 0 amide bonds. The average molecular weight is 485 g/mol. The topological polar surface area (TPSA) is 117 Å². The largest absolute Gasteiger partial charge is 0.492 e. The highest BCUT2D eigenvalue weighted by Crippen LogP contribution is 2.44. The Morgan fingerprint density at radius 3 is 2.50 bits per heavy atom. The van der Waals surface area contributed by atoms with Gasteiger partial charge in [0, 0.05) is 5.54 Å². The Hall–Kier alpha value is -3.66. The standard InChI is InChI=1S/C30H32N2O4/c1-30(2,32)28(33)26-16-22-6-3-4-7-24(22)25(26)8-5-15-36-27-17-21(13-14-23(27)18-31)19-9-11-20(12-10-19)29(34)35/h3-4,6-7,9-14,17,25-26,28,33H,5,8,15-16,32H2,1-2H3,(H,34,35)/t25?,26?,28-/m1/s1. The van der Waals surface area contributed by atoms with E-state index < -0.39 is 17.6 Å². The maximum Gasteiger partial charge on any atom is 0.335 e. The summed E-state index contributed by atoms with van der Waals surface area (Å²) in [6, 6.07) is 22.5. The molecule has 6 heteroatoms. The van der Waals surface area contributed by atoms with Crippen molar-refractivity contribution in [2.45, 2.75) is 50.7 Å². The number of benzene rings is 3. The number of nitrogens with zero attached hydrogens (tertiary/aromatic N) is 1. The molecule has 186 valence electrons. The molecule has 0 saturated heterocycles. The summed E-state index contributed by atoms with van der Waals surface area (Å²) in [5.41, 5.74) is 10.5. The van der Waals surface area contributed by atoms with Gasteiger partial charge in [0.25, 0.3) is 0 Å². The van der Waals surface area contributed by atoms with Crippen molar-refractivity contribution in [1.82, 2.24) is 0 Å². The van der Waals surface area contributed by atoms with Crippen molar-refractivity contribution in [1.29, 1.82) is 5.26 Å². The number of nitrogens with two attached hydrogens (primary N) is 1. The van der Waals surface area contributed by atoms with Gasteiger partial charge in [0.05, 0.1) is 23.8 Å². The fraction of sp³-hybridized carbons (Fsp3) is 0.333. The summed E-state index contributed by atoms with van der Waals surface area (Å²) in [5, 5.41) is 29.7. The first-order valence-electron chi connectivity index (χ1n) is 12.2. The number of aliphatic hydroxyl groups is 1. The third-order valence-electron chi connectivity index (χ3n) is 7.08. The number of carbonyl (C=O) groups is 1. The molecule has 0 fully saturated rings. The zero-order valence-electron chi connectivity index (χ0n) is 20.6. The zero-order valence-corrected chi connectivity index (χ0v) is 20.6. The van der Waals surface area contributed by atoms with Gasteiger partial charge >= 0.3 is 5.97 Å². The highest BCUT2D eigenvalue weighted by atomic mass is 16.5. The molecule has 0 aromatic heterocycles. The van der Waals surface area contributed by atoms with Gasteiger partial charge in [-0.3, -0.25) is 0 Å². The van der Waals surface area contributed by atoms with Crippen LogP contribution in [0.25, 0.3) is 11.1 Å². The van der Waals surface area contributed by atoms with Gasteiger partial charge in [-0.2, -0.15) is 5.26 Å². The molecule has 2 unspecified atom stereocenters. The Bertz CT molecular complexity index is 1270. The predicted molar refractivity (Wildman–Crippen MR) is 139 cm³/mol. The summed E-state index contributed by atoms with van der Waals surface area (Å²) in [4.78, 5) is 11.1. The molecule has 36 heavy (non-hydrogen) atoms. The van der Waals surface area contributed by atoms with E-state index in [0.717, 1.165) is 30.4 Å². The zero-order chi connectivity index (χ0) is 25.9. The van der Waals surface area contributed by atoms with Crippen LogP contribution in [0.3, 0.4) is 0 Å². The Balaban J connectivity index is 1.45. The van der Waals surface area contributed by atoms with Crippen LogP contribution in [0, 0.1) is 17.2 Å². The van der Waals surface area contributed by atoms with Gasteiger partial charge in [0.2, 0.25) is 0 Å². The van der Waals surface area contributed by atoms with Crippen molar-refractivity contribution in [3.8, 4) is 22.9 Å². The molecule has 0 bridgehead atoms. The van der Waals surface area contributed by atoms with Crippen LogP contribution in [0.2, 0.25) is 0 Å². The van der Waals surface area contributed by atoms with Gasteiger partial charge in [-0.1, -0.05) is 42.5 Å². The number of aliphatic hydroxyl groups excluding tert-OH is 1. The van der Waals surface area contributed by atoms with E-state index in [0.29, 0.717) is 17.9 Å². The molecule has 1 aliphatic rings. The molecule has 0 saturated carbocycles. The van der Waals surface area contributed by atoms with Crippen LogP contribution >= 0.6 is 0 Å². The predicted octanol–water partition coefficient (Wildman–Crippen LogP) is 5.14. The van der Waals surface area contributed by atoms with E-state index in [1.165, 1.54) is 11.1 Å². The van der Waals surface area contributed by atoms with Gasteiger partial charge < -0.3 is 20.7 Å². The first-order valence-corrected chi connectivity index (χ1v) is 12.2. The molecular formula is C30H32N2O4. The van der Waals surface area contributed by atoms with Crippen LogP contribution in [0.5, 0.6) is 5.75 Å². The monoisotopic (exact) mass is 484 g/mol.